The molecule has 214 valence electrons. The Hall–Kier alpha value is -2.77. The van der Waals surface area contributed by atoms with Gasteiger partial charge in [0.1, 0.15) is 5.78 Å². The molecule has 6 atom stereocenters. The van der Waals surface area contributed by atoms with Crippen LogP contribution in [0.2, 0.25) is 0 Å². The van der Waals surface area contributed by atoms with Crippen LogP contribution >= 0.6 is 0 Å². The van der Waals surface area contributed by atoms with Crippen LogP contribution < -0.4 is 0 Å². The molecule has 6 unspecified atom stereocenters. The molecular formula is C31H48O7. The molecule has 0 rings (SSSR count). The number of aliphatic carboxylic acids is 2. The minimum absolute atomic E-state index is 0.0534. The molecule has 0 aromatic carbocycles. The number of carbonyl (C=O) groups is 3. The molecule has 0 saturated carbocycles. The number of hydrogen-bond acceptors (Lipinski definition) is 5. The normalized spacial score (nSPS) is 18.3. The third-order valence-corrected chi connectivity index (χ3v) is 6.43. The lowest BCUT2D eigenvalue weighted by Gasteiger charge is -2.25. The number of aliphatic hydroxyl groups is 2. The van der Waals surface area contributed by atoms with Crippen LogP contribution in [-0.2, 0) is 14.4 Å². The molecule has 0 aromatic rings. The Labute approximate surface area is 228 Å². The maximum absolute atomic E-state index is 12.9. The van der Waals surface area contributed by atoms with Crippen LogP contribution in [0.15, 0.2) is 59.3 Å². The van der Waals surface area contributed by atoms with Gasteiger partial charge in [0.2, 0.25) is 0 Å². The third kappa shape index (κ3) is 16.2. The van der Waals surface area contributed by atoms with Gasteiger partial charge in [-0.2, -0.15) is 0 Å². The average molecular weight is 533 g/mol. The molecule has 0 aromatic heterocycles. The summed E-state index contributed by atoms with van der Waals surface area (Å²) >= 11 is 0. The van der Waals surface area contributed by atoms with Crippen LogP contribution in [0.5, 0.6) is 0 Å². The number of allylic oxidation sites excluding steroid dienone is 8. The summed E-state index contributed by atoms with van der Waals surface area (Å²) in [5, 5.41) is 38.1. The number of hydrogen-bond donors (Lipinski definition) is 4. The molecule has 0 aliphatic heterocycles. The van der Waals surface area contributed by atoms with E-state index < -0.39 is 30.1 Å². The smallest absolute Gasteiger partial charge is 0.328 e. The first-order chi connectivity index (χ1) is 17.6. The van der Waals surface area contributed by atoms with Gasteiger partial charge in [-0.05, 0) is 58.3 Å². The van der Waals surface area contributed by atoms with Crippen molar-refractivity contribution in [3.63, 3.8) is 0 Å². The number of rotatable bonds is 18. The minimum Gasteiger partial charge on any atom is -0.481 e. The molecule has 7 nitrogen and oxygen atoms in total. The molecule has 0 heterocycles. The number of carboxylic acid groups (broad SMARTS) is 2. The van der Waals surface area contributed by atoms with Gasteiger partial charge in [0.05, 0.1) is 12.2 Å². The van der Waals surface area contributed by atoms with Gasteiger partial charge in [-0.1, -0.05) is 80.9 Å². The van der Waals surface area contributed by atoms with Gasteiger partial charge < -0.3 is 20.4 Å². The Bertz CT molecular complexity index is 923. The first kappa shape index (κ1) is 35.2. The lowest BCUT2D eigenvalue weighted by Crippen LogP contribution is -2.34. The van der Waals surface area contributed by atoms with Crippen LogP contribution in [0, 0.1) is 23.7 Å². The summed E-state index contributed by atoms with van der Waals surface area (Å²) in [6.07, 6.45) is 13.3. The van der Waals surface area contributed by atoms with E-state index in [-0.39, 0.29) is 30.0 Å². The largest absolute Gasteiger partial charge is 0.481 e. The summed E-state index contributed by atoms with van der Waals surface area (Å²) in [4.78, 5) is 34.3. The van der Waals surface area contributed by atoms with Gasteiger partial charge in [0.15, 0.2) is 0 Å². The molecule has 0 radical (unpaired) electrons. The Balaban J connectivity index is 4.84. The topological polar surface area (TPSA) is 132 Å². The third-order valence-electron chi connectivity index (χ3n) is 6.43. The van der Waals surface area contributed by atoms with Crippen LogP contribution in [0.1, 0.15) is 80.6 Å². The Kier molecular flexibility index (Phi) is 17.1. The summed E-state index contributed by atoms with van der Waals surface area (Å²) in [6.45, 7) is 13.0. The van der Waals surface area contributed by atoms with E-state index in [0.29, 0.717) is 24.8 Å². The van der Waals surface area contributed by atoms with E-state index in [4.69, 9.17) is 10.2 Å². The zero-order chi connectivity index (χ0) is 29.4. The van der Waals surface area contributed by atoms with Crippen molar-refractivity contribution in [2.24, 2.45) is 23.7 Å². The van der Waals surface area contributed by atoms with Crippen LogP contribution in [0.25, 0.3) is 0 Å². The van der Waals surface area contributed by atoms with Crippen LogP contribution in [0.4, 0.5) is 0 Å². The van der Waals surface area contributed by atoms with Crippen LogP contribution in [-0.4, -0.2) is 50.4 Å². The number of ketones is 1. The fourth-order valence-electron chi connectivity index (χ4n) is 4.37. The molecule has 0 aliphatic carbocycles. The van der Waals surface area contributed by atoms with Gasteiger partial charge in [-0.25, -0.2) is 4.79 Å². The van der Waals surface area contributed by atoms with E-state index in [1.807, 2.05) is 45.9 Å². The minimum atomic E-state index is -1.02. The van der Waals surface area contributed by atoms with Crippen molar-refractivity contribution in [2.45, 2.75) is 92.8 Å². The standard InChI is InChI=1S/C31H48O7/c1-20(16-22(3)14-15-27(32)12-9-13-28(33)34)10-8-11-21(2)17-24(5)30(37)26(7)31(38)25(6)18-23(4)19-29(35)36/h8,11,14-17,19-20,24-27,31-32,38H,9-10,12-13,18H2,1-7H3,(H,33,34)(H,35,36)/b11-8+,15-14+,21-17+,22-16-,23-19+. The van der Waals surface area contributed by atoms with E-state index in [1.165, 1.54) is 0 Å². The first-order valence-corrected chi connectivity index (χ1v) is 13.4. The van der Waals surface area contributed by atoms with E-state index in [1.54, 1.807) is 19.9 Å². The molecule has 7 heteroatoms. The number of aliphatic hydroxyl groups excluding tert-OH is 2. The zero-order valence-electron chi connectivity index (χ0n) is 24.1. The van der Waals surface area contributed by atoms with E-state index in [9.17, 15) is 24.6 Å². The predicted molar refractivity (Wildman–Crippen MR) is 152 cm³/mol. The molecule has 0 aliphatic rings. The zero-order valence-corrected chi connectivity index (χ0v) is 24.1. The molecule has 38 heavy (non-hydrogen) atoms. The maximum Gasteiger partial charge on any atom is 0.328 e. The highest BCUT2D eigenvalue weighted by molar-refractivity contribution is 5.85. The summed E-state index contributed by atoms with van der Waals surface area (Å²) < 4.78 is 0. The lowest BCUT2D eigenvalue weighted by atomic mass is 9.83. The molecule has 0 fully saturated rings. The monoisotopic (exact) mass is 532 g/mol. The number of carbonyl (C=O) groups excluding carboxylic acids is 1. The number of carboxylic acids is 2. The molecule has 0 saturated heterocycles. The van der Waals surface area contributed by atoms with Crippen molar-refractivity contribution in [3.05, 3.63) is 59.3 Å². The van der Waals surface area contributed by atoms with Crippen molar-refractivity contribution in [2.75, 3.05) is 0 Å². The van der Waals surface area contributed by atoms with Gasteiger partial charge in [0.25, 0.3) is 0 Å². The van der Waals surface area contributed by atoms with Crippen LogP contribution in [0.3, 0.4) is 0 Å². The van der Waals surface area contributed by atoms with Crippen molar-refractivity contribution in [1.29, 1.82) is 0 Å². The van der Waals surface area contributed by atoms with Crippen molar-refractivity contribution in [1.82, 2.24) is 0 Å². The lowest BCUT2D eigenvalue weighted by molar-refractivity contribution is -0.137. The molecule has 0 bridgehead atoms. The second-order valence-corrected chi connectivity index (χ2v) is 10.6. The van der Waals surface area contributed by atoms with Crippen molar-refractivity contribution < 1.29 is 34.8 Å². The molecule has 0 amide bonds. The second-order valence-electron chi connectivity index (χ2n) is 10.6. The van der Waals surface area contributed by atoms with E-state index in [2.05, 4.69) is 19.1 Å². The summed E-state index contributed by atoms with van der Waals surface area (Å²) in [5.74, 6) is -2.84. The highest BCUT2D eigenvalue weighted by atomic mass is 16.4. The Morgan fingerprint density at radius 1 is 0.868 bits per heavy atom. The van der Waals surface area contributed by atoms with Gasteiger partial charge in [-0.3, -0.25) is 9.59 Å². The molecule has 4 N–H and O–H groups in total. The molecular weight excluding hydrogens is 484 g/mol. The van der Waals surface area contributed by atoms with Crippen molar-refractivity contribution in [3.8, 4) is 0 Å². The Morgan fingerprint density at radius 2 is 1.47 bits per heavy atom. The van der Waals surface area contributed by atoms with Crippen molar-refractivity contribution >= 4 is 17.7 Å². The van der Waals surface area contributed by atoms with Gasteiger partial charge in [0, 0.05) is 24.3 Å². The Morgan fingerprint density at radius 3 is 2.05 bits per heavy atom. The van der Waals surface area contributed by atoms with E-state index >= 15 is 0 Å². The highest BCUT2D eigenvalue weighted by Crippen LogP contribution is 2.24. The highest BCUT2D eigenvalue weighted by Gasteiger charge is 2.29. The van der Waals surface area contributed by atoms with Gasteiger partial charge >= 0.3 is 11.9 Å². The molecule has 0 spiro atoms. The number of Topliss-reactive ketones (excluding diaryl/α,β-unsaturated/α-hetero) is 1. The van der Waals surface area contributed by atoms with Gasteiger partial charge in [-0.15, -0.1) is 0 Å². The SMILES string of the molecule is CC(=C/C(C)C/C=C/C(C)=C/C(C)C(=O)C(C)C(O)C(C)C/C(C)=C/C(=O)O)/C=C/C(O)CCCC(=O)O. The maximum atomic E-state index is 12.9. The summed E-state index contributed by atoms with van der Waals surface area (Å²) in [7, 11) is 0. The van der Waals surface area contributed by atoms with E-state index in [0.717, 1.165) is 23.6 Å². The fourth-order valence-corrected chi connectivity index (χ4v) is 4.37. The summed E-state index contributed by atoms with van der Waals surface area (Å²) in [6, 6.07) is 0. The fraction of sp³-hybridized carbons (Fsp3) is 0.581. The summed E-state index contributed by atoms with van der Waals surface area (Å²) in [5.41, 5.74) is 2.63. The average Bonchev–Trinajstić information content (AvgIpc) is 2.80. The quantitative estimate of drug-likeness (QED) is 0.128. The predicted octanol–water partition coefficient (Wildman–Crippen LogP) is 5.89. The second kappa shape index (κ2) is 18.5. The first-order valence-electron chi connectivity index (χ1n) is 13.4.